The standard InChI is InChI=1S/C22H21FN4O4/c1-13(28)25-19(10-14-6-2-3-7-16(14)23)21(29)27-20(22(30)31)11-15-12-24-17-8-4-5-9-18(17)26-15/h2-9,12,19-20H,10-11H2,1H3,(H,25,28)(H,27,29)(H,30,31)/t19-,20+/m0/s1. The van der Waals surface area contributed by atoms with Crippen LogP contribution in [0.2, 0.25) is 0 Å². The fraction of sp³-hybridized carbons (Fsp3) is 0.227. The molecule has 0 aliphatic heterocycles. The van der Waals surface area contributed by atoms with Crippen LogP contribution in [0.4, 0.5) is 4.39 Å². The van der Waals surface area contributed by atoms with Gasteiger partial charge in [0.1, 0.15) is 17.9 Å². The van der Waals surface area contributed by atoms with Gasteiger partial charge >= 0.3 is 5.97 Å². The van der Waals surface area contributed by atoms with Crippen molar-refractivity contribution in [1.29, 1.82) is 0 Å². The number of carbonyl (C=O) groups excluding carboxylic acids is 2. The molecule has 2 aromatic carbocycles. The molecule has 2 atom stereocenters. The van der Waals surface area contributed by atoms with E-state index in [2.05, 4.69) is 20.6 Å². The van der Waals surface area contributed by atoms with Crippen molar-refractivity contribution in [3.63, 3.8) is 0 Å². The van der Waals surface area contributed by atoms with Gasteiger partial charge in [0, 0.05) is 26.0 Å². The van der Waals surface area contributed by atoms with Crippen molar-refractivity contribution in [2.75, 3.05) is 0 Å². The minimum atomic E-state index is -1.31. The fourth-order valence-electron chi connectivity index (χ4n) is 3.11. The monoisotopic (exact) mass is 424 g/mol. The van der Waals surface area contributed by atoms with Crippen molar-refractivity contribution in [3.8, 4) is 0 Å². The Hall–Kier alpha value is -3.88. The van der Waals surface area contributed by atoms with Gasteiger partial charge in [-0.3, -0.25) is 14.6 Å². The molecule has 0 aliphatic rings. The molecule has 0 aliphatic carbocycles. The summed E-state index contributed by atoms with van der Waals surface area (Å²) in [6, 6.07) is 10.6. The third-order valence-electron chi connectivity index (χ3n) is 4.60. The third-order valence-corrected chi connectivity index (χ3v) is 4.60. The molecule has 9 heteroatoms. The normalized spacial score (nSPS) is 12.7. The number of aliphatic carboxylic acids is 1. The molecule has 0 saturated heterocycles. The fourth-order valence-corrected chi connectivity index (χ4v) is 3.11. The number of carboxylic acids is 1. The number of carboxylic acid groups (broad SMARTS) is 1. The first-order valence-electron chi connectivity index (χ1n) is 9.58. The highest BCUT2D eigenvalue weighted by molar-refractivity contribution is 5.90. The van der Waals surface area contributed by atoms with E-state index >= 15 is 0 Å². The van der Waals surface area contributed by atoms with Crippen LogP contribution < -0.4 is 10.6 Å². The minimum absolute atomic E-state index is 0.106. The van der Waals surface area contributed by atoms with E-state index in [1.54, 1.807) is 24.3 Å². The number of nitrogens with one attached hydrogen (secondary N) is 2. The lowest BCUT2D eigenvalue weighted by Crippen LogP contribution is -2.52. The second-order valence-electron chi connectivity index (χ2n) is 7.00. The Kier molecular flexibility index (Phi) is 6.86. The SMILES string of the molecule is CC(=O)N[C@@H](Cc1ccccc1F)C(=O)N[C@H](Cc1cnc2ccccc2n1)C(=O)O. The average molecular weight is 424 g/mol. The second kappa shape index (κ2) is 9.75. The molecule has 0 bridgehead atoms. The van der Waals surface area contributed by atoms with Gasteiger partial charge in [-0.05, 0) is 23.8 Å². The summed E-state index contributed by atoms with van der Waals surface area (Å²) in [6.07, 6.45) is 1.22. The number of para-hydroxylation sites is 2. The zero-order chi connectivity index (χ0) is 22.4. The number of rotatable bonds is 8. The van der Waals surface area contributed by atoms with Gasteiger partial charge in [-0.2, -0.15) is 0 Å². The van der Waals surface area contributed by atoms with E-state index < -0.39 is 35.7 Å². The molecule has 3 N–H and O–H groups in total. The lowest BCUT2D eigenvalue weighted by Gasteiger charge is -2.21. The number of nitrogens with zero attached hydrogens (tertiary/aromatic N) is 2. The Labute approximate surface area is 177 Å². The van der Waals surface area contributed by atoms with Crippen LogP contribution in [0.1, 0.15) is 18.2 Å². The maximum atomic E-state index is 14.0. The van der Waals surface area contributed by atoms with E-state index in [4.69, 9.17) is 0 Å². The van der Waals surface area contributed by atoms with Crippen LogP contribution in [-0.2, 0) is 27.2 Å². The smallest absolute Gasteiger partial charge is 0.326 e. The number of fused-ring (bicyclic) bond motifs is 1. The highest BCUT2D eigenvalue weighted by Crippen LogP contribution is 2.12. The quantitative estimate of drug-likeness (QED) is 0.505. The number of carbonyl (C=O) groups is 3. The van der Waals surface area contributed by atoms with Gasteiger partial charge < -0.3 is 15.7 Å². The highest BCUT2D eigenvalue weighted by Gasteiger charge is 2.27. The van der Waals surface area contributed by atoms with Crippen LogP contribution in [0.15, 0.2) is 54.7 Å². The third kappa shape index (κ3) is 5.81. The van der Waals surface area contributed by atoms with Gasteiger partial charge in [0.2, 0.25) is 11.8 Å². The topological polar surface area (TPSA) is 121 Å². The lowest BCUT2D eigenvalue weighted by atomic mass is 10.0. The predicted octanol–water partition coefficient (Wildman–Crippen LogP) is 1.63. The molecule has 160 valence electrons. The van der Waals surface area contributed by atoms with Crippen molar-refractivity contribution in [2.45, 2.75) is 31.8 Å². The molecule has 31 heavy (non-hydrogen) atoms. The van der Waals surface area contributed by atoms with Crippen LogP contribution in [0, 0.1) is 5.82 Å². The number of halogens is 1. The largest absolute Gasteiger partial charge is 0.480 e. The lowest BCUT2D eigenvalue weighted by molar-refractivity contribution is -0.142. The molecule has 3 aromatic rings. The molecule has 0 spiro atoms. The van der Waals surface area contributed by atoms with Crippen LogP contribution in [0.3, 0.4) is 0 Å². The summed E-state index contributed by atoms with van der Waals surface area (Å²) in [5, 5.41) is 14.4. The van der Waals surface area contributed by atoms with E-state index in [0.29, 0.717) is 16.7 Å². The van der Waals surface area contributed by atoms with Gasteiger partial charge in [-0.1, -0.05) is 30.3 Å². The predicted molar refractivity (Wildman–Crippen MR) is 111 cm³/mol. The molecule has 8 nitrogen and oxygen atoms in total. The van der Waals surface area contributed by atoms with Crippen molar-refractivity contribution in [1.82, 2.24) is 20.6 Å². The van der Waals surface area contributed by atoms with E-state index in [1.165, 1.54) is 31.3 Å². The molecule has 1 heterocycles. The Morgan fingerprint density at radius 2 is 1.65 bits per heavy atom. The van der Waals surface area contributed by atoms with E-state index in [1.807, 2.05) is 6.07 Å². The number of benzene rings is 2. The Balaban J connectivity index is 1.76. The number of aromatic nitrogens is 2. The van der Waals surface area contributed by atoms with Gasteiger partial charge in [0.25, 0.3) is 0 Å². The molecular weight excluding hydrogens is 403 g/mol. The molecule has 1 aromatic heterocycles. The molecule has 0 fully saturated rings. The summed E-state index contributed by atoms with van der Waals surface area (Å²) in [7, 11) is 0. The van der Waals surface area contributed by atoms with Crippen molar-refractivity contribution in [3.05, 3.63) is 71.8 Å². The Morgan fingerprint density at radius 3 is 2.32 bits per heavy atom. The Morgan fingerprint density at radius 1 is 0.968 bits per heavy atom. The van der Waals surface area contributed by atoms with Crippen molar-refractivity contribution >= 4 is 28.8 Å². The Bertz CT molecular complexity index is 1120. The summed E-state index contributed by atoms with van der Waals surface area (Å²) in [5.41, 5.74) is 1.88. The highest BCUT2D eigenvalue weighted by atomic mass is 19.1. The summed E-state index contributed by atoms with van der Waals surface area (Å²) in [5.74, 6) is -3.02. The van der Waals surface area contributed by atoms with Crippen LogP contribution in [0.5, 0.6) is 0 Å². The molecule has 0 radical (unpaired) electrons. The van der Waals surface area contributed by atoms with Crippen LogP contribution in [0.25, 0.3) is 11.0 Å². The van der Waals surface area contributed by atoms with Gasteiger partial charge in [0.05, 0.1) is 16.7 Å². The van der Waals surface area contributed by atoms with E-state index in [0.717, 1.165) is 0 Å². The van der Waals surface area contributed by atoms with Crippen LogP contribution >= 0.6 is 0 Å². The number of amides is 2. The number of hydrogen-bond acceptors (Lipinski definition) is 5. The van der Waals surface area contributed by atoms with E-state index in [-0.39, 0.29) is 18.4 Å². The van der Waals surface area contributed by atoms with Gasteiger partial charge in [-0.15, -0.1) is 0 Å². The maximum Gasteiger partial charge on any atom is 0.326 e. The summed E-state index contributed by atoms with van der Waals surface area (Å²) < 4.78 is 14.0. The molecule has 2 amide bonds. The van der Waals surface area contributed by atoms with Crippen molar-refractivity contribution < 1.29 is 23.9 Å². The van der Waals surface area contributed by atoms with Gasteiger partial charge in [0.15, 0.2) is 0 Å². The average Bonchev–Trinajstić information content (AvgIpc) is 2.73. The molecule has 3 rings (SSSR count). The minimum Gasteiger partial charge on any atom is -0.480 e. The number of hydrogen-bond donors (Lipinski definition) is 3. The molecule has 0 saturated carbocycles. The summed E-state index contributed by atoms with van der Waals surface area (Å²) in [4.78, 5) is 44.7. The molecule has 0 unspecified atom stereocenters. The van der Waals surface area contributed by atoms with E-state index in [9.17, 15) is 23.9 Å². The van der Waals surface area contributed by atoms with Gasteiger partial charge in [-0.25, -0.2) is 14.2 Å². The zero-order valence-electron chi connectivity index (χ0n) is 16.7. The summed E-state index contributed by atoms with van der Waals surface area (Å²) >= 11 is 0. The molecular formula is C22H21FN4O4. The maximum absolute atomic E-state index is 14.0. The first kappa shape index (κ1) is 21.8. The van der Waals surface area contributed by atoms with Crippen LogP contribution in [-0.4, -0.2) is 44.9 Å². The second-order valence-corrected chi connectivity index (χ2v) is 7.00. The summed E-state index contributed by atoms with van der Waals surface area (Å²) in [6.45, 7) is 1.22. The first-order valence-corrected chi connectivity index (χ1v) is 9.58. The van der Waals surface area contributed by atoms with Crippen molar-refractivity contribution in [2.24, 2.45) is 0 Å². The zero-order valence-corrected chi connectivity index (χ0v) is 16.7. The first-order chi connectivity index (χ1) is 14.8.